The molecule has 1 amide bonds. The van der Waals surface area contributed by atoms with Gasteiger partial charge in [0.1, 0.15) is 0 Å². The minimum absolute atomic E-state index is 0.0533. The Kier molecular flexibility index (Phi) is 9.71. The van der Waals surface area contributed by atoms with Crippen LogP contribution < -0.4 is 19.5 Å². The molecular weight excluding hydrogens is 456 g/mol. The van der Waals surface area contributed by atoms with Crippen LogP contribution in [0, 0.1) is 5.21 Å². The van der Waals surface area contributed by atoms with Crippen molar-refractivity contribution in [1.82, 2.24) is 15.4 Å². The van der Waals surface area contributed by atoms with E-state index in [9.17, 15) is 14.8 Å². The molecule has 192 valence electrons. The Labute approximate surface area is 204 Å². The monoisotopic (exact) mass is 490 g/mol. The molecule has 0 bridgehead atoms. The standard InChI is InChI=1S/C24H34N4O7/c1-3-5-11-33-20-14-19(28(32)16-22(20)34-12-6-4-2)23(29)25-8-10-27-9-7-17(15-27)18-13-21(24(30)31)35-26-18/h13-14,16-17H,3-12,15H2,1-2H3,(H,25,29)(H,30,31)/t17-/m1/s1. The molecule has 11 nitrogen and oxygen atoms in total. The summed E-state index contributed by atoms with van der Waals surface area (Å²) in [4.78, 5) is 25.8. The van der Waals surface area contributed by atoms with E-state index in [2.05, 4.69) is 29.2 Å². The third kappa shape index (κ3) is 7.32. The molecule has 1 saturated heterocycles. The normalized spacial score (nSPS) is 15.8. The lowest BCUT2D eigenvalue weighted by Crippen LogP contribution is -2.41. The van der Waals surface area contributed by atoms with Crippen LogP contribution in [0.5, 0.6) is 11.5 Å². The number of rotatable bonds is 14. The van der Waals surface area contributed by atoms with Crippen LogP contribution in [0.1, 0.15) is 78.6 Å². The number of nitrogens with one attached hydrogen (secondary N) is 1. The molecule has 11 heteroatoms. The predicted octanol–water partition coefficient (Wildman–Crippen LogP) is 2.58. The lowest BCUT2D eigenvalue weighted by molar-refractivity contribution is -0.608. The van der Waals surface area contributed by atoms with E-state index in [0.717, 1.165) is 38.6 Å². The highest BCUT2D eigenvalue weighted by Gasteiger charge is 2.28. The largest absolute Gasteiger partial charge is 0.618 e. The molecule has 3 heterocycles. The smallest absolute Gasteiger partial charge is 0.374 e. The van der Waals surface area contributed by atoms with Crippen LogP contribution in [-0.4, -0.2) is 66.4 Å². The van der Waals surface area contributed by atoms with Gasteiger partial charge in [-0.3, -0.25) is 4.79 Å². The number of carbonyl (C=O) groups is 2. The zero-order chi connectivity index (χ0) is 25.2. The summed E-state index contributed by atoms with van der Waals surface area (Å²) >= 11 is 0. The van der Waals surface area contributed by atoms with E-state index in [1.807, 2.05) is 0 Å². The fraction of sp³-hybridized carbons (Fsp3) is 0.583. The van der Waals surface area contributed by atoms with Crippen LogP contribution in [0.15, 0.2) is 22.9 Å². The second-order valence-corrected chi connectivity index (χ2v) is 8.58. The number of hydrogen-bond acceptors (Lipinski definition) is 8. The molecule has 1 fully saturated rings. The van der Waals surface area contributed by atoms with Crippen LogP contribution in [0.2, 0.25) is 0 Å². The van der Waals surface area contributed by atoms with Crippen molar-refractivity contribution in [1.29, 1.82) is 0 Å². The van der Waals surface area contributed by atoms with E-state index >= 15 is 0 Å². The number of amides is 1. The molecule has 0 aliphatic carbocycles. The van der Waals surface area contributed by atoms with Crippen molar-refractivity contribution in [2.45, 2.75) is 51.9 Å². The topological polar surface area (TPSA) is 141 Å². The molecule has 0 unspecified atom stereocenters. The summed E-state index contributed by atoms with van der Waals surface area (Å²) in [5, 5.41) is 28.2. The van der Waals surface area contributed by atoms with Gasteiger partial charge in [0.15, 0.2) is 5.75 Å². The van der Waals surface area contributed by atoms with Crippen LogP contribution >= 0.6 is 0 Å². The maximum atomic E-state index is 12.7. The summed E-state index contributed by atoms with van der Waals surface area (Å²) in [7, 11) is 0. The average molecular weight is 491 g/mol. The van der Waals surface area contributed by atoms with E-state index in [1.54, 1.807) is 0 Å². The number of carboxylic acid groups (broad SMARTS) is 1. The Hall–Kier alpha value is -3.34. The van der Waals surface area contributed by atoms with Crippen LogP contribution in [-0.2, 0) is 0 Å². The first-order valence-electron chi connectivity index (χ1n) is 12.2. The summed E-state index contributed by atoms with van der Waals surface area (Å²) in [6.45, 7) is 7.45. The Balaban J connectivity index is 1.54. The second-order valence-electron chi connectivity index (χ2n) is 8.58. The second kappa shape index (κ2) is 12.9. The summed E-state index contributed by atoms with van der Waals surface area (Å²) in [6, 6.07) is 2.90. The first-order valence-corrected chi connectivity index (χ1v) is 12.2. The lowest BCUT2D eigenvalue weighted by Gasteiger charge is -2.16. The number of aromatic nitrogens is 2. The number of unbranched alkanes of at least 4 members (excludes halogenated alkanes) is 2. The molecule has 35 heavy (non-hydrogen) atoms. The van der Waals surface area contributed by atoms with Gasteiger partial charge in [0.05, 0.1) is 25.0 Å². The summed E-state index contributed by atoms with van der Waals surface area (Å²) < 4.78 is 16.9. The highest BCUT2D eigenvalue weighted by atomic mass is 16.5. The van der Waals surface area contributed by atoms with Gasteiger partial charge in [-0.2, -0.15) is 4.73 Å². The van der Waals surface area contributed by atoms with Gasteiger partial charge < -0.3 is 34.5 Å². The van der Waals surface area contributed by atoms with Crippen molar-refractivity contribution in [3.63, 3.8) is 0 Å². The van der Waals surface area contributed by atoms with E-state index in [-0.39, 0.29) is 17.4 Å². The number of carboxylic acids is 1. The molecule has 1 aliphatic rings. The first-order chi connectivity index (χ1) is 16.9. The number of carbonyl (C=O) groups excluding carboxylic acids is 1. The first kappa shape index (κ1) is 26.3. The van der Waals surface area contributed by atoms with Gasteiger partial charge in [-0.05, 0) is 25.8 Å². The zero-order valence-corrected chi connectivity index (χ0v) is 20.3. The number of likely N-dealkylation sites (tertiary alicyclic amines) is 1. The molecule has 0 aromatic carbocycles. The number of nitrogens with zero attached hydrogens (tertiary/aromatic N) is 3. The van der Waals surface area contributed by atoms with Crippen LogP contribution in [0.4, 0.5) is 0 Å². The number of hydrogen-bond donors (Lipinski definition) is 2. The molecule has 0 spiro atoms. The molecular formula is C24H34N4O7. The number of aromatic carboxylic acids is 1. The van der Waals surface area contributed by atoms with Crippen molar-refractivity contribution in [3.05, 3.63) is 40.7 Å². The minimum atomic E-state index is -1.14. The van der Waals surface area contributed by atoms with Gasteiger partial charge >= 0.3 is 11.9 Å². The Morgan fingerprint density at radius 2 is 1.94 bits per heavy atom. The highest BCUT2D eigenvalue weighted by Crippen LogP contribution is 2.28. The summed E-state index contributed by atoms with van der Waals surface area (Å²) in [5.74, 6) is -0.994. The van der Waals surface area contributed by atoms with Crippen LogP contribution in [0.25, 0.3) is 0 Å². The quantitative estimate of drug-likeness (QED) is 0.232. The molecule has 1 aliphatic heterocycles. The molecule has 0 saturated carbocycles. The van der Waals surface area contributed by atoms with E-state index in [4.69, 9.17) is 19.1 Å². The molecule has 2 N–H and O–H groups in total. The Bertz CT molecular complexity index is 994. The fourth-order valence-electron chi connectivity index (χ4n) is 3.82. The van der Waals surface area contributed by atoms with Crippen molar-refractivity contribution in [2.24, 2.45) is 0 Å². The van der Waals surface area contributed by atoms with Crippen molar-refractivity contribution >= 4 is 11.9 Å². The number of pyridine rings is 1. The maximum absolute atomic E-state index is 12.7. The lowest BCUT2D eigenvalue weighted by atomic mass is 10.1. The van der Waals surface area contributed by atoms with E-state index in [1.165, 1.54) is 18.3 Å². The van der Waals surface area contributed by atoms with E-state index < -0.39 is 11.9 Å². The van der Waals surface area contributed by atoms with Gasteiger partial charge in [0, 0.05) is 31.6 Å². The Morgan fingerprint density at radius 1 is 1.23 bits per heavy atom. The van der Waals surface area contributed by atoms with Gasteiger partial charge in [-0.25, -0.2) is 4.79 Å². The SMILES string of the molecule is CCCCOc1cc(C(=O)NCCN2CC[C@@H](c3cc(C(=O)O)on3)C2)[n+]([O-])cc1OCCCC. The van der Waals surface area contributed by atoms with Gasteiger partial charge in [0.25, 0.3) is 5.69 Å². The van der Waals surface area contributed by atoms with Crippen molar-refractivity contribution in [2.75, 3.05) is 39.4 Å². The molecule has 2 aromatic rings. The van der Waals surface area contributed by atoms with Gasteiger partial charge in [-0.1, -0.05) is 31.8 Å². The summed E-state index contributed by atoms with van der Waals surface area (Å²) in [5.41, 5.74) is 0.570. The van der Waals surface area contributed by atoms with Gasteiger partial charge in [-0.15, -0.1) is 0 Å². The molecule has 2 aromatic heterocycles. The predicted molar refractivity (Wildman–Crippen MR) is 126 cm³/mol. The fourth-order valence-corrected chi connectivity index (χ4v) is 3.82. The van der Waals surface area contributed by atoms with Crippen LogP contribution in [0.3, 0.4) is 0 Å². The van der Waals surface area contributed by atoms with Crippen molar-refractivity contribution < 1.29 is 33.4 Å². The third-order valence-electron chi connectivity index (χ3n) is 5.87. The van der Waals surface area contributed by atoms with Crippen molar-refractivity contribution in [3.8, 4) is 11.5 Å². The number of ether oxygens (including phenoxy) is 2. The average Bonchev–Trinajstić information content (AvgIpc) is 3.50. The molecule has 0 radical (unpaired) electrons. The molecule has 1 atom stereocenters. The third-order valence-corrected chi connectivity index (χ3v) is 5.87. The minimum Gasteiger partial charge on any atom is -0.618 e. The molecule has 3 rings (SSSR count). The summed E-state index contributed by atoms with van der Waals surface area (Å²) in [6.07, 6.45) is 5.69. The highest BCUT2D eigenvalue weighted by molar-refractivity contribution is 5.91. The van der Waals surface area contributed by atoms with E-state index in [0.29, 0.717) is 54.8 Å². The van der Waals surface area contributed by atoms with Gasteiger partial charge in [0.2, 0.25) is 17.7 Å². The zero-order valence-electron chi connectivity index (χ0n) is 20.3. The Morgan fingerprint density at radius 3 is 2.60 bits per heavy atom. The maximum Gasteiger partial charge on any atom is 0.374 e.